The van der Waals surface area contributed by atoms with Gasteiger partial charge in [-0.15, -0.1) is 0 Å². The van der Waals surface area contributed by atoms with Gasteiger partial charge < -0.3 is 9.84 Å². The van der Waals surface area contributed by atoms with Crippen molar-refractivity contribution in [3.8, 4) is 0 Å². The van der Waals surface area contributed by atoms with Crippen LogP contribution in [0.15, 0.2) is 15.8 Å². The number of hydrogen-bond donors (Lipinski definition) is 2. The molecule has 0 aliphatic carbocycles. The standard InChI is InChI=1S/C9H10F2N2O4.CH4/c10-5-1-4(3-14)17-8(5)13-2-6(11)7(15)12-9(13)16;/h2,4-5,8,14H,1,3H2,(H,12,15,16);1H4. The first-order valence-electron chi connectivity index (χ1n) is 4.94. The number of aromatic nitrogens is 2. The van der Waals surface area contributed by atoms with Crippen LogP contribution in [-0.2, 0) is 4.74 Å². The fourth-order valence-electron chi connectivity index (χ4n) is 1.71. The first-order chi connectivity index (χ1) is 8.02. The summed E-state index contributed by atoms with van der Waals surface area (Å²) in [6.45, 7) is -0.391. The Morgan fingerprint density at radius 1 is 1.56 bits per heavy atom. The number of H-pyrrole nitrogens is 1. The van der Waals surface area contributed by atoms with E-state index in [1.54, 1.807) is 4.98 Å². The van der Waals surface area contributed by atoms with Crippen LogP contribution in [0.4, 0.5) is 8.78 Å². The van der Waals surface area contributed by atoms with E-state index in [0.29, 0.717) is 10.8 Å². The Morgan fingerprint density at radius 3 is 2.78 bits per heavy atom. The van der Waals surface area contributed by atoms with Crippen molar-refractivity contribution in [1.29, 1.82) is 0 Å². The molecule has 0 saturated carbocycles. The molecular formula is C10H14F2N2O4. The van der Waals surface area contributed by atoms with E-state index in [9.17, 15) is 18.4 Å². The van der Waals surface area contributed by atoms with Gasteiger partial charge >= 0.3 is 5.69 Å². The lowest BCUT2D eigenvalue weighted by Gasteiger charge is -2.15. The summed E-state index contributed by atoms with van der Waals surface area (Å²) in [6, 6.07) is 0. The van der Waals surface area contributed by atoms with Gasteiger partial charge in [0.2, 0.25) is 5.82 Å². The number of aliphatic hydroxyl groups is 1. The highest BCUT2D eigenvalue weighted by molar-refractivity contribution is 4.91. The minimum atomic E-state index is -1.55. The zero-order chi connectivity index (χ0) is 12.6. The number of aromatic amines is 1. The highest BCUT2D eigenvalue weighted by atomic mass is 19.1. The molecule has 3 unspecified atom stereocenters. The third-order valence-electron chi connectivity index (χ3n) is 2.53. The van der Waals surface area contributed by atoms with E-state index >= 15 is 0 Å². The Hall–Kier alpha value is -1.54. The van der Waals surface area contributed by atoms with E-state index in [1.165, 1.54) is 0 Å². The maximum atomic E-state index is 13.5. The van der Waals surface area contributed by atoms with Crippen molar-refractivity contribution < 1.29 is 18.6 Å². The van der Waals surface area contributed by atoms with Gasteiger partial charge in [-0.2, -0.15) is 4.39 Å². The predicted octanol–water partition coefficient (Wildman–Crippen LogP) is -0.0703. The molecule has 0 bridgehead atoms. The minimum absolute atomic E-state index is 0. The molecule has 0 amide bonds. The van der Waals surface area contributed by atoms with Crippen molar-refractivity contribution in [3.05, 3.63) is 32.9 Å². The predicted molar refractivity (Wildman–Crippen MR) is 58.5 cm³/mol. The van der Waals surface area contributed by atoms with Crippen molar-refractivity contribution in [1.82, 2.24) is 9.55 Å². The van der Waals surface area contributed by atoms with Crippen LogP contribution in [0.2, 0.25) is 0 Å². The normalized spacial score (nSPS) is 26.9. The molecule has 1 aliphatic heterocycles. The van der Waals surface area contributed by atoms with Gasteiger partial charge in [0, 0.05) is 6.42 Å². The van der Waals surface area contributed by atoms with Crippen molar-refractivity contribution in [3.63, 3.8) is 0 Å². The molecule has 0 spiro atoms. The number of ether oxygens (including phenoxy) is 1. The second-order valence-electron chi connectivity index (χ2n) is 3.73. The Bertz CT molecular complexity index is 527. The van der Waals surface area contributed by atoms with E-state index in [0.717, 1.165) is 0 Å². The van der Waals surface area contributed by atoms with Crippen LogP contribution in [0.5, 0.6) is 0 Å². The lowest BCUT2D eigenvalue weighted by Crippen LogP contribution is -2.36. The second kappa shape index (κ2) is 5.40. The third kappa shape index (κ3) is 2.49. The van der Waals surface area contributed by atoms with Crippen LogP contribution in [0.3, 0.4) is 0 Å². The third-order valence-corrected chi connectivity index (χ3v) is 2.53. The SMILES string of the molecule is C.O=c1[nH]c(=O)n(C2OC(CO)CC2F)cc1F. The summed E-state index contributed by atoms with van der Waals surface area (Å²) in [5, 5.41) is 8.81. The molecule has 102 valence electrons. The molecular weight excluding hydrogens is 250 g/mol. The largest absolute Gasteiger partial charge is 0.394 e. The molecule has 1 aliphatic rings. The fourth-order valence-corrected chi connectivity index (χ4v) is 1.71. The summed E-state index contributed by atoms with van der Waals surface area (Å²) < 4.78 is 32.2. The van der Waals surface area contributed by atoms with Crippen molar-refractivity contribution in [2.45, 2.75) is 32.4 Å². The second-order valence-corrected chi connectivity index (χ2v) is 3.73. The van der Waals surface area contributed by atoms with Crippen molar-refractivity contribution >= 4 is 0 Å². The Labute approximate surface area is 101 Å². The molecule has 8 heteroatoms. The van der Waals surface area contributed by atoms with Crippen LogP contribution < -0.4 is 11.2 Å². The summed E-state index contributed by atoms with van der Waals surface area (Å²) in [6.07, 6.45) is -3.11. The van der Waals surface area contributed by atoms with Crippen LogP contribution in [0.1, 0.15) is 20.1 Å². The maximum absolute atomic E-state index is 13.5. The number of alkyl halides is 1. The molecule has 0 aromatic carbocycles. The van der Waals surface area contributed by atoms with Crippen molar-refractivity contribution in [2.75, 3.05) is 6.61 Å². The van der Waals surface area contributed by atoms with Gasteiger partial charge in [-0.1, -0.05) is 7.43 Å². The summed E-state index contributed by atoms with van der Waals surface area (Å²) in [7, 11) is 0. The van der Waals surface area contributed by atoms with E-state index in [2.05, 4.69) is 0 Å². The van der Waals surface area contributed by atoms with Gasteiger partial charge in [-0.3, -0.25) is 14.3 Å². The summed E-state index contributed by atoms with van der Waals surface area (Å²) >= 11 is 0. The average molecular weight is 264 g/mol. The zero-order valence-corrected chi connectivity index (χ0v) is 8.60. The van der Waals surface area contributed by atoms with Gasteiger partial charge in [0.1, 0.15) is 6.17 Å². The summed E-state index contributed by atoms with van der Waals surface area (Å²) in [5.74, 6) is -1.20. The van der Waals surface area contributed by atoms with Gasteiger partial charge in [0.05, 0.1) is 18.9 Å². The Kier molecular flexibility index (Phi) is 4.36. The maximum Gasteiger partial charge on any atom is 0.330 e. The molecule has 2 rings (SSSR count). The average Bonchev–Trinajstić information content (AvgIpc) is 2.65. The van der Waals surface area contributed by atoms with Gasteiger partial charge in [0.25, 0.3) is 5.56 Å². The quantitative estimate of drug-likeness (QED) is 0.783. The number of nitrogens with zero attached hydrogens (tertiary/aromatic N) is 1. The minimum Gasteiger partial charge on any atom is -0.394 e. The molecule has 1 aromatic heterocycles. The van der Waals surface area contributed by atoms with E-state index in [1.807, 2.05) is 0 Å². The lowest BCUT2D eigenvalue weighted by atomic mass is 10.2. The fraction of sp³-hybridized carbons (Fsp3) is 0.600. The first-order valence-corrected chi connectivity index (χ1v) is 4.94. The van der Waals surface area contributed by atoms with E-state index in [4.69, 9.17) is 9.84 Å². The van der Waals surface area contributed by atoms with Crippen LogP contribution in [-0.4, -0.2) is 33.5 Å². The number of rotatable bonds is 2. The molecule has 3 atom stereocenters. The Morgan fingerprint density at radius 2 is 2.22 bits per heavy atom. The summed E-state index contributed by atoms with van der Waals surface area (Å²) in [4.78, 5) is 23.8. The lowest BCUT2D eigenvalue weighted by molar-refractivity contribution is -0.0399. The van der Waals surface area contributed by atoms with Gasteiger partial charge in [-0.05, 0) is 0 Å². The highest BCUT2D eigenvalue weighted by Crippen LogP contribution is 2.29. The topological polar surface area (TPSA) is 84.3 Å². The number of halogens is 2. The molecule has 18 heavy (non-hydrogen) atoms. The number of hydrogen-bond acceptors (Lipinski definition) is 4. The van der Waals surface area contributed by atoms with Crippen molar-refractivity contribution in [2.24, 2.45) is 0 Å². The first kappa shape index (κ1) is 14.5. The van der Waals surface area contributed by atoms with Crippen LogP contribution in [0.25, 0.3) is 0 Å². The highest BCUT2D eigenvalue weighted by Gasteiger charge is 2.37. The molecule has 1 saturated heterocycles. The molecule has 0 radical (unpaired) electrons. The smallest absolute Gasteiger partial charge is 0.330 e. The van der Waals surface area contributed by atoms with Crippen LogP contribution >= 0.6 is 0 Å². The molecule has 2 N–H and O–H groups in total. The number of nitrogens with one attached hydrogen (secondary N) is 1. The van der Waals surface area contributed by atoms with E-state index in [-0.39, 0.29) is 13.8 Å². The molecule has 2 heterocycles. The van der Waals surface area contributed by atoms with Gasteiger partial charge in [0.15, 0.2) is 6.23 Å². The van der Waals surface area contributed by atoms with Crippen LogP contribution in [0, 0.1) is 5.82 Å². The molecule has 6 nitrogen and oxygen atoms in total. The van der Waals surface area contributed by atoms with E-state index < -0.39 is 42.2 Å². The molecule has 1 aromatic rings. The zero-order valence-electron chi connectivity index (χ0n) is 8.60. The monoisotopic (exact) mass is 264 g/mol. The Balaban J connectivity index is 0.00000162. The summed E-state index contributed by atoms with van der Waals surface area (Å²) in [5.41, 5.74) is -2.12. The van der Waals surface area contributed by atoms with Gasteiger partial charge in [-0.25, -0.2) is 9.18 Å². The molecule has 1 fully saturated rings. The number of aliphatic hydroxyl groups excluding tert-OH is 1.